The van der Waals surface area contributed by atoms with Crippen LogP contribution in [0.25, 0.3) is 11.3 Å². The molecule has 5 nitrogen and oxygen atoms in total. The third-order valence-corrected chi connectivity index (χ3v) is 5.71. The predicted molar refractivity (Wildman–Crippen MR) is 119 cm³/mol. The van der Waals surface area contributed by atoms with Gasteiger partial charge in [-0.25, -0.2) is 0 Å². The number of likely N-dealkylation sites (N-methyl/N-ethyl adjacent to an activating group) is 1. The van der Waals surface area contributed by atoms with Crippen molar-refractivity contribution in [3.63, 3.8) is 0 Å². The first-order valence-corrected chi connectivity index (χ1v) is 10.4. The van der Waals surface area contributed by atoms with Crippen molar-refractivity contribution in [2.24, 2.45) is 7.05 Å². The van der Waals surface area contributed by atoms with Gasteiger partial charge in [0, 0.05) is 25.8 Å². The van der Waals surface area contributed by atoms with Crippen LogP contribution in [0, 0.1) is 0 Å². The second kappa shape index (κ2) is 8.86. The van der Waals surface area contributed by atoms with E-state index >= 15 is 0 Å². The molecule has 1 fully saturated rings. The highest BCUT2D eigenvalue weighted by Crippen LogP contribution is 2.32. The average molecular weight is 404 g/mol. The van der Waals surface area contributed by atoms with Gasteiger partial charge in [0.2, 0.25) is 0 Å². The lowest BCUT2D eigenvalue weighted by Gasteiger charge is -2.42. The van der Waals surface area contributed by atoms with E-state index in [1.165, 1.54) is 0 Å². The minimum atomic E-state index is -0.120. The minimum absolute atomic E-state index is 0.0422. The summed E-state index contributed by atoms with van der Waals surface area (Å²) >= 11 is 0. The normalized spacial score (nSPS) is 19.3. The van der Waals surface area contributed by atoms with Gasteiger partial charge >= 0.3 is 0 Å². The van der Waals surface area contributed by atoms with E-state index in [4.69, 9.17) is 4.74 Å². The van der Waals surface area contributed by atoms with E-state index in [0.29, 0.717) is 18.8 Å². The van der Waals surface area contributed by atoms with Crippen molar-refractivity contribution < 1.29 is 9.53 Å². The van der Waals surface area contributed by atoms with Crippen LogP contribution < -0.4 is 0 Å². The molecule has 0 bridgehead atoms. The number of carbonyl (C=O) groups excluding carboxylic acids is 1. The van der Waals surface area contributed by atoms with Crippen LogP contribution in [-0.2, 0) is 11.8 Å². The molecule has 0 radical (unpaired) electrons. The van der Waals surface area contributed by atoms with Gasteiger partial charge in [-0.1, -0.05) is 60.7 Å². The van der Waals surface area contributed by atoms with Gasteiger partial charge in [-0.15, -0.1) is 0 Å². The lowest BCUT2D eigenvalue weighted by Crippen LogP contribution is -2.51. The van der Waals surface area contributed by atoms with Crippen LogP contribution in [0.1, 0.15) is 22.1 Å². The summed E-state index contributed by atoms with van der Waals surface area (Å²) in [5.74, 6) is 0.0422. The Morgan fingerprint density at radius 1 is 1.00 bits per heavy atom. The zero-order valence-corrected chi connectivity index (χ0v) is 17.9. The smallest absolute Gasteiger partial charge is 0.271 e. The molecule has 5 heteroatoms. The number of morpholine rings is 1. The van der Waals surface area contributed by atoms with Crippen LogP contribution in [0.2, 0.25) is 0 Å². The van der Waals surface area contributed by atoms with E-state index < -0.39 is 0 Å². The van der Waals surface area contributed by atoms with Gasteiger partial charge in [-0.3, -0.25) is 4.79 Å². The number of rotatable bonds is 5. The molecule has 0 aliphatic carbocycles. The molecule has 3 aromatic rings. The van der Waals surface area contributed by atoms with Crippen molar-refractivity contribution in [2.45, 2.75) is 12.1 Å². The van der Waals surface area contributed by atoms with Crippen LogP contribution in [-0.4, -0.2) is 60.2 Å². The summed E-state index contributed by atoms with van der Waals surface area (Å²) in [6.07, 6.45) is -0.0750. The lowest BCUT2D eigenvalue weighted by atomic mass is 9.97. The number of aromatic nitrogens is 1. The Hall–Kier alpha value is -2.89. The largest absolute Gasteiger partial charge is 0.373 e. The molecular weight excluding hydrogens is 374 g/mol. The fourth-order valence-corrected chi connectivity index (χ4v) is 4.29. The van der Waals surface area contributed by atoms with Crippen molar-refractivity contribution >= 4 is 5.91 Å². The molecule has 1 aliphatic rings. The fraction of sp³-hybridized carbons (Fsp3) is 0.320. The molecule has 1 saturated heterocycles. The quantitative estimate of drug-likeness (QED) is 0.650. The van der Waals surface area contributed by atoms with Gasteiger partial charge in [-0.05, 0) is 37.4 Å². The SMILES string of the molecule is CN(C)C[C@@H]1OCCN(C(=O)c2ccc(-c3ccccc3)n2C)[C@H]1c1ccccc1. The topological polar surface area (TPSA) is 37.7 Å². The summed E-state index contributed by atoms with van der Waals surface area (Å²) in [7, 11) is 6.04. The Labute approximate surface area is 178 Å². The van der Waals surface area contributed by atoms with Crippen molar-refractivity contribution in [1.82, 2.24) is 14.4 Å². The predicted octanol–water partition coefficient (Wildman–Crippen LogP) is 3.84. The summed E-state index contributed by atoms with van der Waals surface area (Å²) < 4.78 is 8.13. The molecule has 2 heterocycles. The first-order valence-electron chi connectivity index (χ1n) is 10.4. The standard InChI is InChI=1S/C25H29N3O2/c1-26(2)18-23-24(20-12-8-5-9-13-20)28(16-17-30-23)25(29)22-15-14-21(27(22)3)19-10-6-4-7-11-19/h4-15,23-24H,16-18H2,1-3H3/t23-,24-/m0/s1. The monoisotopic (exact) mass is 403 g/mol. The Morgan fingerprint density at radius 3 is 2.33 bits per heavy atom. The van der Waals surface area contributed by atoms with Gasteiger partial charge < -0.3 is 19.1 Å². The van der Waals surface area contributed by atoms with Crippen molar-refractivity contribution in [2.75, 3.05) is 33.8 Å². The van der Waals surface area contributed by atoms with Gasteiger partial charge in [0.25, 0.3) is 5.91 Å². The molecule has 1 aliphatic heterocycles. The molecule has 0 spiro atoms. The molecule has 1 amide bonds. The van der Waals surface area contributed by atoms with Gasteiger partial charge in [-0.2, -0.15) is 0 Å². The zero-order chi connectivity index (χ0) is 21.1. The number of carbonyl (C=O) groups is 1. The van der Waals surface area contributed by atoms with Crippen LogP contribution >= 0.6 is 0 Å². The second-order valence-electron chi connectivity index (χ2n) is 8.05. The number of hydrogen-bond donors (Lipinski definition) is 0. The van der Waals surface area contributed by atoms with E-state index in [-0.39, 0.29) is 18.1 Å². The van der Waals surface area contributed by atoms with Crippen molar-refractivity contribution in [1.29, 1.82) is 0 Å². The molecule has 156 valence electrons. The highest BCUT2D eigenvalue weighted by Gasteiger charge is 2.37. The maximum atomic E-state index is 13.7. The van der Waals surface area contributed by atoms with Gasteiger partial charge in [0.05, 0.1) is 18.8 Å². The summed E-state index contributed by atoms with van der Waals surface area (Å²) in [6, 6.07) is 24.2. The van der Waals surface area contributed by atoms with E-state index in [1.807, 2.05) is 79.1 Å². The summed E-state index contributed by atoms with van der Waals surface area (Å²) in [4.78, 5) is 17.8. The Kier molecular flexibility index (Phi) is 6.02. The van der Waals surface area contributed by atoms with Crippen molar-refractivity contribution in [3.05, 3.63) is 84.1 Å². The summed E-state index contributed by atoms with van der Waals surface area (Å²) in [5.41, 5.74) is 3.94. The van der Waals surface area contributed by atoms with Gasteiger partial charge in [0.1, 0.15) is 5.69 Å². The van der Waals surface area contributed by atoms with E-state index in [9.17, 15) is 4.79 Å². The number of benzene rings is 2. The van der Waals surface area contributed by atoms with Gasteiger partial charge in [0.15, 0.2) is 0 Å². The van der Waals surface area contributed by atoms with Crippen molar-refractivity contribution in [3.8, 4) is 11.3 Å². The van der Waals surface area contributed by atoms with E-state index in [1.54, 1.807) is 0 Å². The molecule has 2 aromatic carbocycles. The highest BCUT2D eigenvalue weighted by atomic mass is 16.5. The molecule has 0 unspecified atom stereocenters. The van der Waals surface area contributed by atoms with Crippen LogP contribution in [0.3, 0.4) is 0 Å². The number of nitrogens with zero attached hydrogens (tertiary/aromatic N) is 3. The Bertz CT molecular complexity index is 982. The third-order valence-electron chi connectivity index (χ3n) is 5.71. The number of ether oxygens (including phenoxy) is 1. The first kappa shape index (κ1) is 20.4. The molecule has 2 atom stereocenters. The fourth-order valence-electron chi connectivity index (χ4n) is 4.29. The molecule has 4 rings (SSSR count). The number of hydrogen-bond acceptors (Lipinski definition) is 3. The number of amides is 1. The molecule has 0 N–H and O–H groups in total. The summed E-state index contributed by atoms with van der Waals surface area (Å²) in [5, 5.41) is 0. The molecule has 0 saturated carbocycles. The van der Waals surface area contributed by atoms with Crippen LogP contribution in [0.15, 0.2) is 72.8 Å². The summed E-state index contributed by atoms with van der Waals surface area (Å²) in [6.45, 7) is 1.88. The maximum absolute atomic E-state index is 13.7. The first-order chi connectivity index (χ1) is 14.6. The zero-order valence-electron chi connectivity index (χ0n) is 17.9. The van der Waals surface area contributed by atoms with E-state index in [0.717, 1.165) is 23.4 Å². The third kappa shape index (κ3) is 4.04. The van der Waals surface area contributed by atoms with Crippen LogP contribution in [0.4, 0.5) is 0 Å². The average Bonchev–Trinajstić information content (AvgIpc) is 3.15. The minimum Gasteiger partial charge on any atom is -0.373 e. The Balaban J connectivity index is 1.69. The maximum Gasteiger partial charge on any atom is 0.271 e. The highest BCUT2D eigenvalue weighted by molar-refractivity contribution is 5.94. The van der Waals surface area contributed by atoms with E-state index in [2.05, 4.69) is 29.2 Å². The molecule has 1 aromatic heterocycles. The lowest BCUT2D eigenvalue weighted by molar-refractivity contribution is -0.0686. The van der Waals surface area contributed by atoms with Crippen LogP contribution in [0.5, 0.6) is 0 Å². The molecule has 30 heavy (non-hydrogen) atoms. The second-order valence-corrected chi connectivity index (χ2v) is 8.05. The molecular formula is C25H29N3O2. The Morgan fingerprint density at radius 2 is 1.67 bits per heavy atom.